The predicted molar refractivity (Wildman–Crippen MR) is 78.8 cm³/mol. The molecule has 1 aliphatic carbocycles. The summed E-state index contributed by atoms with van der Waals surface area (Å²) in [6, 6.07) is 2.58. The van der Waals surface area contributed by atoms with Crippen molar-refractivity contribution in [3.05, 3.63) is 18.0 Å². The molecule has 1 atom stereocenters. The van der Waals surface area contributed by atoms with Gasteiger partial charge in [0, 0.05) is 6.20 Å². The Kier molecular flexibility index (Phi) is 7.25. The lowest BCUT2D eigenvalue weighted by molar-refractivity contribution is 0.278. The SMILES string of the molecule is CC.Cc1cnn(C(CC#N)CC2CCCCC2)c1. The molecule has 1 saturated carbocycles. The van der Waals surface area contributed by atoms with Crippen LogP contribution in [0.4, 0.5) is 0 Å². The van der Waals surface area contributed by atoms with Crippen LogP contribution in [0.1, 0.15) is 70.4 Å². The van der Waals surface area contributed by atoms with Gasteiger partial charge in [-0.3, -0.25) is 4.68 Å². The van der Waals surface area contributed by atoms with Crippen molar-refractivity contribution in [1.29, 1.82) is 5.26 Å². The van der Waals surface area contributed by atoms with Crippen LogP contribution in [-0.4, -0.2) is 9.78 Å². The highest BCUT2D eigenvalue weighted by atomic mass is 15.3. The fourth-order valence-electron chi connectivity index (χ4n) is 2.83. The molecule has 0 aliphatic heterocycles. The summed E-state index contributed by atoms with van der Waals surface area (Å²) in [5, 5.41) is 13.3. The molecule has 1 aromatic heterocycles. The molecule has 1 fully saturated rings. The van der Waals surface area contributed by atoms with Gasteiger partial charge in [0.2, 0.25) is 0 Å². The summed E-state index contributed by atoms with van der Waals surface area (Å²) in [5.41, 5.74) is 1.18. The average Bonchev–Trinajstić information content (AvgIpc) is 2.88. The lowest BCUT2D eigenvalue weighted by Crippen LogP contribution is -2.16. The summed E-state index contributed by atoms with van der Waals surface area (Å²) in [6.45, 7) is 6.05. The van der Waals surface area contributed by atoms with Gasteiger partial charge in [-0.1, -0.05) is 46.0 Å². The second-order valence-electron chi connectivity index (χ2n) is 5.25. The Balaban J connectivity index is 0.000000861. The first-order valence-electron chi connectivity index (χ1n) is 7.67. The molecule has 0 radical (unpaired) electrons. The average molecular weight is 261 g/mol. The van der Waals surface area contributed by atoms with Crippen molar-refractivity contribution in [1.82, 2.24) is 9.78 Å². The van der Waals surface area contributed by atoms with Crippen LogP contribution in [-0.2, 0) is 0 Å². The van der Waals surface area contributed by atoms with Gasteiger partial charge in [-0.25, -0.2) is 0 Å². The first kappa shape index (κ1) is 15.8. The van der Waals surface area contributed by atoms with Gasteiger partial charge in [0.25, 0.3) is 0 Å². The standard InChI is InChI=1S/C14H21N3.C2H6/c1-12-10-16-17(11-12)14(7-8-15)9-13-5-3-2-4-6-13;1-2/h10-11,13-14H,2-7,9H2,1H3;1-2H3. The monoisotopic (exact) mass is 261 g/mol. The molecule has 1 heterocycles. The molecule has 0 spiro atoms. The van der Waals surface area contributed by atoms with Gasteiger partial charge in [-0.2, -0.15) is 10.4 Å². The normalized spacial score (nSPS) is 17.2. The van der Waals surface area contributed by atoms with Gasteiger partial charge in [0.05, 0.1) is 24.7 Å². The van der Waals surface area contributed by atoms with E-state index in [1.54, 1.807) is 0 Å². The van der Waals surface area contributed by atoms with Gasteiger partial charge < -0.3 is 0 Å². The largest absolute Gasteiger partial charge is 0.268 e. The van der Waals surface area contributed by atoms with Crippen molar-refractivity contribution in [2.75, 3.05) is 0 Å². The smallest absolute Gasteiger partial charge is 0.0651 e. The molecule has 1 aliphatic rings. The van der Waals surface area contributed by atoms with Gasteiger partial charge in [0.1, 0.15) is 0 Å². The van der Waals surface area contributed by atoms with Crippen LogP contribution < -0.4 is 0 Å². The van der Waals surface area contributed by atoms with Crippen LogP contribution >= 0.6 is 0 Å². The highest BCUT2D eigenvalue weighted by Crippen LogP contribution is 2.31. The topological polar surface area (TPSA) is 41.6 Å². The van der Waals surface area contributed by atoms with E-state index in [0.29, 0.717) is 6.42 Å². The van der Waals surface area contributed by atoms with E-state index in [9.17, 15) is 0 Å². The molecular weight excluding hydrogens is 234 g/mol. The highest BCUT2D eigenvalue weighted by Gasteiger charge is 2.20. The van der Waals surface area contributed by atoms with Crippen LogP contribution in [0.3, 0.4) is 0 Å². The van der Waals surface area contributed by atoms with E-state index >= 15 is 0 Å². The maximum absolute atomic E-state index is 8.94. The molecule has 0 aromatic carbocycles. The third kappa shape index (κ3) is 5.06. The Morgan fingerprint density at radius 1 is 1.37 bits per heavy atom. The molecule has 19 heavy (non-hydrogen) atoms. The number of rotatable bonds is 4. The quantitative estimate of drug-likeness (QED) is 0.792. The Morgan fingerprint density at radius 3 is 2.58 bits per heavy atom. The van der Waals surface area contributed by atoms with E-state index < -0.39 is 0 Å². The summed E-state index contributed by atoms with van der Waals surface area (Å²) in [7, 11) is 0. The van der Waals surface area contributed by atoms with Crippen molar-refractivity contribution in [2.24, 2.45) is 5.92 Å². The maximum Gasteiger partial charge on any atom is 0.0651 e. The van der Waals surface area contributed by atoms with Gasteiger partial charge in [-0.15, -0.1) is 0 Å². The van der Waals surface area contributed by atoms with E-state index in [0.717, 1.165) is 12.3 Å². The Morgan fingerprint density at radius 2 is 2.05 bits per heavy atom. The molecule has 3 heteroatoms. The molecule has 1 aromatic rings. The number of hydrogen-bond donors (Lipinski definition) is 0. The third-order valence-corrected chi connectivity index (χ3v) is 3.76. The van der Waals surface area contributed by atoms with E-state index in [1.165, 1.54) is 37.7 Å². The molecule has 106 valence electrons. The number of hydrogen-bond acceptors (Lipinski definition) is 2. The fourth-order valence-corrected chi connectivity index (χ4v) is 2.83. The van der Waals surface area contributed by atoms with Gasteiger partial charge in [0.15, 0.2) is 0 Å². The summed E-state index contributed by atoms with van der Waals surface area (Å²) < 4.78 is 1.99. The van der Waals surface area contributed by atoms with Crippen LogP contribution in [0.5, 0.6) is 0 Å². The minimum atomic E-state index is 0.275. The zero-order valence-corrected chi connectivity index (χ0v) is 12.6. The summed E-state index contributed by atoms with van der Waals surface area (Å²) in [6.07, 6.45) is 12.4. The molecule has 0 saturated heterocycles. The Labute approximate surface area is 117 Å². The predicted octanol–water partition coefficient (Wildman–Crippen LogP) is 4.64. The molecule has 0 N–H and O–H groups in total. The minimum absolute atomic E-state index is 0.275. The van der Waals surface area contributed by atoms with Gasteiger partial charge in [-0.05, 0) is 24.8 Å². The van der Waals surface area contributed by atoms with Crippen LogP contribution in [0, 0.1) is 24.2 Å². The highest BCUT2D eigenvalue weighted by molar-refractivity contribution is 5.01. The van der Waals surface area contributed by atoms with E-state index in [2.05, 4.69) is 17.4 Å². The third-order valence-electron chi connectivity index (χ3n) is 3.76. The first-order valence-corrected chi connectivity index (χ1v) is 7.67. The Hall–Kier alpha value is -1.30. The van der Waals surface area contributed by atoms with E-state index in [1.807, 2.05) is 31.6 Å². The molecule has 1 unspecified atom stereocenters. The number of nitrogens with zero attached hydrogens (tertiary/aromatic N) is 3. The van der Waals surface area contributed by atoms with E-state index in [-0.39, 0.29) is 6.04 Å². The lowest BCUT2D eigenvalue weighted by atomic mass is 9.84. The number of nitriles is 1. The van der Waals surface area contributed by atoms with E-state index in [4.69, 9.17) is 5.26 Å². The fraction of sp³-hybridized carbons (Fsp3) is 0.750. The minimum Gasteiger partial charge on any atom is -0.268 e. The lowest BCUT2D eigenvalue weighted by Gasteiger charge is -2.25. The van der Waals surface area contributed by atoms with Crippen molar-refractivity contribution < 1.29 is 0 Å². The molecular formula is C16H27N3. The summed E-state index contributed by atoms with van der Waals surface area (Å²) in [4.78, 5) is 0. The number of aryl methyl sites for hydroxylation is 1. The number of aromatic nitrogens is 2. The first-order chi connectivity index (χ1) is 9.29. The zero-order valence-electron chi connectivity index (χ0n) is 12.6. The summed E-state index contributed by atoms with van der Waals surface area (Å²) >= 11 is 0. The second kappa shape index (κ2) is 8.74. The van der Waals surface area contributed by atoms with Crippen molar-refractivity contribution in [2.45, 2.75) is 71.8 Å². The summed E-state index contributed by atoms with van der Waals surface area (Å²) in [5.74, 6) is 0.798. The van der Waals surface area contributed by atoms with Crippen molar-refractivity contribution in [3.8, 4) is 6.07 Å². The van der Waals surface area contributed by atoms with Crippen LogP contribution in [0.15, 0.2) is 12.4 Å². The molecule has 0 bridgehead atoms. The van der Waals surface area contributed by atoms with Crippen molar-refractivity contribution in [3.63, 3.8) is 0 Å². The molecule has 0 amide bonds. The molecule has 3 nitrogen and oxygen atoms in total. The van der Waals surface area contributed by atoms with Gasteiger partial charge >= 0.3 is 0 Å². The Bertz CT molecular complexity index is 383. The zero-order chi connectivity index (χ0) is 14.1. The second-order valence-corrected chi connectivity index (χ2v) is 5.25. The molecule has 2 rings (SSSR count). The van der Waals surface area contributed by atoms with Crippen molar-refractivity contribution >= 4 is 0 Å². The maximum atomic E-state index is 8.94. The van der Waals surface area contributed by atoms with Crippen LogP contribution in [0.25, 0.3) is 0 Å². The van der Waals surface area contributed by atoms with Crippen LogP contribution in [0.2, 0.25) is 0 Å².